The maximum atomic E-state index is 13.2. The lowest BCUT2D eigenvalue weighted by Gasteiger charge is -2.49. The SMILES string of the molecule is O=C(Nc1ccccc1Cl)NC1C[C@@H]2CCC[C@@H](C1)N2Cc1ccc(F)cc1. The molecular weight excluding hydrogens is 377 g/mol. The quantitative estimate of drug-likeness (QED) is 0.740. The molecule has 0 aliphatic carbocycles. The lowest BCUT2D eigenvalue weighted by molar-refractivity contribution is 0.0200. The third kappa shape index (κ3) is 4.47. The van der Waals surface area contributed by atoms with Gasteiger partial charge in [0, 0.05) is 24.7 Å². The van der Waals surface area contributed by atoms with Crippen molar-refractivity contribution in [3.8, 4) is 0 Å². The van der Waals surface area contributed by atoms with Gasteiger partial charge in [-0.05, 0) is 55.5 Å². The summed E-state index contributed by atoms with van der Waals surface area (Å²) in [6, 6.07) is 14.9. The summed E-state index contributed by atoms with van der Waals surface area (Å²) >= 11 is 6.12. The molecule has 2 N–H and O–H groups in total. The number of fused-ring (bicyclic) bond motifs is 2. The highest BCUT2D eigenvalue weighted by atomic mass is 35.5. The van der Waals surface area contributed by atoms with Crippen LogP contribution in [-0.4, -0.2) is 29.1 Å². The van der Waals surface area contributed by atoms with E-state index >= 15 is 0 Å². The first-order valence-electron chi connectivity index (χ1n) is 9.91. The van der Waals surface area contributed by atoms with Crippen LogP contribution in [0.4, 0.5) is 14.9 Å². The highest BCUT2D eigenvalue weighted by molar-refractivity contribution is 6.33. The van der Waals surface area contributed by atoms with Crippen LogP contribution in [0, 0.1) is 5.82 Å². The summed E-state index contributed by atoms with van der Waals surface area (Å²) in [5.41, 5.74) is 1.76. The number of carbonyl (C=O) groups excluding carboxylic acids is 1. The molecule has 2 bridgehead atoms. The van der Waals surface area contributed by atoms with Crippen molar-refractivity contribution in [2.75, 3.05) is 5.32 Å². The molecule has 28 heavy (non-hydrogen) atoms. The van der Waals surface area contributed by atoms with E-state index in [1.54, 1.807) is 12.1 Å². The van der Waals surface area contributed by atoms with Gasteiger partial charge in [-0.15, -0.1) is 0 Å². The van der Waals surface area contributed by atoms with Gasteiger partial charge in [-0.3, -0.25) is 4.90 Å². The first-order chi connectivity index (χ1) is 13.6. The maximum absolute atomic E-state index is 13.2. The van der Waals surface area contributed by atoms with Crippen LogP contribution in [0.15, 0.2) is 48.5 Å². The van der Waals surface area contributed by atoms with Crippen molar-refractivity contribution in [2.24, 2.45) is 0 Å². The number of nitrogens with one attached hydrogen (secondary N) is 2. The molecule has 0 radical (unpaired) electrons. The fourth-order valence-electron chi connectivity index (χ4n) is 4.56. The van der Waals surface area contributed by atoms with Gasteiger partial charge in [-0.1, -0.05) is 42.3 Å². The topological polar surface area (TPSA) is 44.4 Å². The molecule has 6 heteroatoms. The lowest BCUT2D eigenvalue weighted by Crippen LogP contribution is -2.56. The fourth-order valence-corrected chi connectivity index (χ4v) is 4.74. The number of benzene rings is 2. The number of carbonyl (C=O) groups is 1. The first-order valence-corrected chi connectivity index (χ1v) is 10.3. The van der Waals surface area contributed by atoms with Crippen molar-refractivity contribution in [3.63, 3.8) is 0 Å². The minimum atomic E-state index is -0.205. The van der Waals surface area contributed by atoms with E-state index in [2.05, 4.69) is 15.5 Å². The number of hydrogen-bond acceptors (Lipinski definition) is 2. The zero-order chi connectivity index (χ0) is 19.5. The molecule has 2 aromatic rings. The average molecular weight is 402 g/mol. The molecule has 2 atom stereocenters. The molecular formula is C22H25ClFN3O. The molecule has 2 saturated heterocycles. The average Bonchev–Trinajstić information content (AvgIpc) is 2.66. The van der Waals surface area contributed by atoms with Crippen molar-refractivity contribution in [1.82, 2.24) is 10.2 Å². The summed E-state index contributed by atoms with van der Waals surface area (Å²) in [5.74, 6) is -0.198. The van der Waals surface area contributed by atoms with Crippen LogP contribution in [0.2, 0.25) is 5.02 Å². The Hall–Kier alpha value is -2.11. The second-order valence-electron chi connectivity index (χ2n) is 7.78. The Bertz CT molecular complexity index is 815. The molecule has 0 aromatic heterocycles. The lowest BCUT2D eigenvalue weighted by atomic mass is 9.81. The van der Waals surface area contributed by atoms with E-state index in [-0.39, 0.29) is 17.9 Å². The predicted molar refractivity (Wildman–Crippen MR) is 110 cm³/mol. The Kier molecular flexibility index (Phi) is 5.83. The monoisotopic (exact) mass is 401 g/mol. The molecule has 4 rings (SSSR count). The van der Waals surface area contributed by atoms with Gasteiger partial charge in [0.15, 0.2) is 0 Å². The number of para-hydroxylation sites is 1. The van der Waals surface area contributed by atoms with Crippen molar-refractivity contribution >= 4 is 23.3 Å². The number of hydrogen-bond donors (Lipinski definition) is 2. The van der Waals surface area contributed by atoms with E-state index in [0.717, 1.165) is 37.8 Å². The molecule has 0 spiro atoms. The summed E-state index contributed by atoms with van der Waals surface area (Å²) in [6.07, 6.45) is 5.39. The van der Waals surface area contributed by atoms with Gasteiger partial charge in [0.05, 0.1) is 10.7 Å². The first kappa shape index (κ1) is 19.2. The number of amides is 2. The largest absolute Gasteiger partial charge is 0.335 e. The second kappa shape index (κ2) is 8.50. The van der Waals surface area contributed by atoms with Crippen molar-refractivity contribution in [2.45, 2.75) is 56.8 Å². The van der Waals surface area contributed by atoms with Gasteiger partial charge in [0.25, 0.3) is 0 Å². The fraction of sp³-hybridized carbons (Fsp3) is 0.409. The van der Waals surface area contributed by atoms with E-state index in [9.17, 15) is 9.18 Å². The molecule has 2 fully saturated rings. The van der Waals surface area contributed by atoms with E-state index < -0.39 is 0 Å². The number of rotatable bonds is 4. The minimum Gasteiger partial charge on any atom is -0.335 e. The normalized spacial score (nSPS) is 24.6. The van der Waals surface area contributed by atoms with Crippen LogP contribution >= 0.6 is 11.6 Å². The van der Waals surface area contributed by atoms with Crippen LogP contribution in [0.25, 0.3) is 0 Å². The van der Waals surface area contributed by atoms with Gasteiger partial charge >= 0.3 is 6.03 Å². The summed E-state index contributed by atoms with van der Waals surface area (Å²) in [5, 5.41) is 6.51. The number of nitrogens with zero attached hydrogens (tertiary/aromatic N) is 1. The maximum Gasteiger partial charge on any atom is 0.319 e. The minimum absolute atomic E-state index is 0.155. The van der Waals surface area contributed by atoms with Crippen molar-refractivity contribution in [3.05, 3.63) is 64.9 Å². The molecule has 2 heterocycles. The van der Waals surface area contributed by atoms with E-state index in [1.165, 1.54) is 18.6 Å². The molecule has 148 valence electrons. The zero-order valence-corrected chi connectivity index (χ0v) is 16.5. The predicted octanol–water partition coefficient (Wildman–Crippen LogP) is 5.19. The van der Waals surface area contributed by atoms with Gasteiger partial charge in [-0.2, -0.15) is 0 Å². The molecule has 0 saturated carbocycles. The zero-order valence-electron chi connectivity index (χ0n) is 15.7. The van der Waals surface area contributed by atoms with Gasteiger partial charge in [0.2, 0.25) is 0 Å². The Morgan fingerprint density at radius 1 is 1.07 bits per heavy atom. The van der Waals surface area contributed by atoms with E-state index in [1.807, 2.05) is 24.3 Å². The van der Waals surface area contributed by atoms with E-state index in [0.29, 0.717) is 22.8 Å². The number of urea groups is 1. The second-order valence-corrected chi connectivity index (χ2v) is 8.19. The van der Waals surface area contributed by atoms with Crippen molar-refractivity contribution < 1.29 is 9.18 Å². The third-order valence-electron chi connectivity index (χ3n) is 5.86. The molecule has 2 aliphatic rings. The highest BCUT2D eigenvalue weighted by Crippen LogP contribution is 2.35. The van der Waals surface area contributed by atoms with Crippen LogP contribution in [0.3, 0.4) is 0 Å². The van der Waals surface area contributed by atoms with Crippen LogP contribution in [0.5, 0.6) is 0 Å². The highest BCUT2D eigenvalue weighted by Gasteiger charge is 2.38. The molecule has 0 unspecified atom stereocenters. The summed E-state index contributed by atoms with van der Waals surface area (Å²) in [4.78, 5) is 15.0. The Balaban J connectivity index is 1.37. The summed E-state index contributed by atoms with van der Waals surface area (Å²) in [7, 11) is 0. The van der Waals surface area contributed by atoms with Gasteiger partial charge in [0.1, 0.15) is 5.82 Å². The number of piperidine rings is 2. The van der Waals surface area contributed by atoms with Gasteiger partial charge in [-0.25, -0.2) is 9.18 Å². The van der Waals surface area contributed by atoms with Gasteiger partial charge < -0.3 is 10.6 Å². The van der Waals surface area contributed by atoms with Crippen LogP contribution in [0.1, 0.15) is 37.7 Å². The van der Waals surface area contributed by atoms with E-state index in [4.69, 9.17) is 11.6 Å². The summed E-state index contributed by atoms with van der Waals surface area (Å²) in [6.45, 7) is 0.841. The smallest absolute Gasteiger partial charge is 0.319 e. The molecule has 2 aromatic carbocycles. The summed E-state index contributed by atoms with van der Waals surface area (Å²) < 4.78 is 13.2. The molecule has 4 nitrogen and oxygen atoms in total. The number of anilines is 1. The Morgan fingerprint density at radius 3 is 2.43 bits per heavy atom. The molecule has 2 aliphatic heterocycles. The van der Waals surface area contributed by atoms with Crippen LogP contribution < -0.4 is 10.6 Å². The standard InChI is InChI=1S/C22H25ClFN3O/c23-20-6-1-2-7-21(20)26-22(28)25-17-12-18-4-3-5-19(13-17)27(18)14-15-8-10-16(24)11-9-15/h1-2,6-11,17-19H,3-5,12-14H2,(H2,25,26,28)/t18-,19-/m0/s1. The Morgan fingerprint density at radius 2 is 1.75 bits per heavy atom. The number of halogens is 2. The van der Waals surface area contributed by atoms with Crippen molar-refractivity contribution in [1.29, 1.82) is 0 Å². The Labute approximate surface area is 170 Å². The van der Waals surface area contributed by atoms with Crippen LogP contribution in [-0.2, 0) is 6.54 Å². The molecule has 2 amide bonds. The third-order valence-corrected chi connectivity index (χ3v) is 6.19.